The molecular weight excluding hydrogens is 240 g/mol. The highest BCUT2D eigenvalue weighted by atomic mass is 16.7. The molecule has 2 rings (SSSR count). The zero-order valence-electron chi connectivity index (χ0n) is 9.80. The lowest BCUT2D eigenvalue weighted by atomic mass is 10.2. The molecule has 3 N–H and O–H groups in total. The molecule has 1 aliphatic rings. The summed E-state index contributed by atoms with van der Waals surface area (Å²) in [5, 5.41) is 28.4. The van der Waals surface area contributed by atoms with E-state index in [1.54, 1.807) is 13.0 Å². The van der Waals surface area contributed by atoms with Crippen molar-refractivity contribution >= 4 is 5.97 Å². The third kappa shape index (κ3) is 1.81. The Bertz CT molecular complexity index is 547. The number of carbonyl (C=O) groups is 1. The normalized spacial score (nSPS) is 23.1. The number of cyclic esters (lactones) is 1. The quantitative estimate of drug-likeness (QED) is 0.693. The Morgan fingerprint density at radius 3 is 2.44 bits per heavy atom. The summed E-state index contributed by atoms with van der Waals surface area (Å²) in [6, 6.07) is 4.60. The second kappa shape index (κ2) is 3.83. The molecule has 1 aromatic rings. The molecule has 0 bridgehead atoms. The van der Waals surface area contributed by atoms with E-state index in [0.717, 1.165) is 5.56 Å². The zero-order valence-corrected chi connectivity index (χ0v) is 9.80. The molecule has 96 valence electrons. The maximum atomic E-state index is 11.1. The van der Waals surface area contributed by atoms with Gasteiger partial charge in [0, 0.05) is 6.92 Å². The van der Waals surface area contributed by atoms with Crippen LogP contribution in [0.1, 0.15) is 12.5 Å². The maximum Gasteiger partial charge on any atom is 0.380 e. The van der Waals surface area contributed by atoms with E-state index in [9.17, 15) is 20.1 Å². The summed E-state index contributed by atoms with van der Waals surface area (Å²) in [7, 11) is 0. The van der Waals surface area contributed by atoms with Crippen LogP contribution in [0, 0.1) is 6.92 Å². The zero-order chi connectivity index (χ0) is 13.5. The molecule has 0 fully saturated rings. The third-order valence-electron chi connectivity index (χ3n) is 2.55. The van der Waals surface area contributed by atoms with Gasteiger partial charge in [0.15, 0.2) is 11.5 Å². The number of aliphatic hydroxyl groups is 2. The summed E-state index contributed by atoms with van der Waals surface area (Å²) < 4.78 is 9.96. The Balaban J connectivity index is 2.32. The lowest BCUT2D eigenvalue weighted by Crippen LogP contribution is -2.35. The molecule has 1 atom stereocenters. The molecule has 0 spiro atoms. The molecule has 0 saturated carbocycles. The number of aromatic hydroxyl groups is 1. The molecule has 0 amide bonds. The van der Waals surface area contributed by atoms with E-state index < -0.39 is 23.3 Å². The van der Waals surface area contributed by atoms with Crippen LogP contribution in [0.15, 0.2) is 29.7 Å². The van der Waals surface area contributed by atoms with Crippen molar-refractivity contribution in [1.29, 1.82) is 0 Å². The number of carbonyl (C=O) groups excluding carboxylic acids is 1. The summed E-state index contributed by atoms with van der Waals surface area (Å²) >= 11 is 0. The number of phenolic OH excluding ortho intramolecular Hbond substituents is 1. The van der Waals surface area contributed by atoms with Crippen LogP contribution in [0.3, 0.4) is 0 Å². The Morgan fingerprint density at radius 1 is 1.28 bits per heavy atom. The van der Waals surface area contributed by atoms with Gasteiger partial charge in [-0.2, -0.15) is 0 Å². The van der Waals surface area contributed by atoms with Gasteiger partial charge in [-0.25, -0.2) is 4.79 Å². The summed E-state index contributed by atoms with van der Waals surface area (Å²) in [4.78, 5) is 11.1. The number of benzene rings is 1. The SMILES string of the molecule is Cc1ccc(OC2(C)OC(=O)C(O)=C2O)c(O)c1. The Hall–Kier alpha value is -2.37. The van der Waals surface area contributed by atoms with Crippen molar-refractivity contribution in [3.8, 4) is 11.5 Å². The summed E-state index contributed by atoms with van der Waals surface area (Å²) in [6.07, 6.45) is 0. The van der Waals surface area contributed by atoms with Crippen molar-refractivity contribution in [2.75, 3.05) is 0 Å². The molecule has 0 aliphatic carbocycles. The van der Waals surface area contributed by atoms with Gasteiger partial charge < -0.3 is 24.8 Å². The molecule has 1 aromatic carbocycles. The van der Waals surface area contributed by atoms with Crippen LogP contribution in [-0.4, -0.2) is 27.1 Å². The van der Waals surface area contributed by atoms with Crippen molar-refractivity contribution in [2.24, 2.45) is 0 Å². The molecule has 0 saturated heterocycles. The van der Waals surface area contributed by atoms with Gasteiger partial charge in [-0.3, -0.25) is 0 Å². The first-order valence-corrected chi connectivity index (χ1v) is 5.18. The number of ether oxygens (including phenoxy) is 2. The summed E-state index contributed by atoms with van der Waals surface area (Å²) in [5.41, 5.74) is 0.816. The number of aryl methyl sites for hydroxylation is 1. The van der Waals surface area contributed by atoms with Gasteiger partial charge >= 0.3 is 11.8 Å². The van der Waals surface area contributed by atoms with Gasteiger partial charge in [0.2, 0.25) is 11.5 Å². The van der Waals surface area contributed by atoms with Gasteiger partial charge in [-0.05, 0) is 24.6 Å². The van der Waals surface area contributed by atoms with Crippen LogP contribution in [0.4, 0.5) is 0 Å². The summed E-state index contributed by atoms with van der Waals surface area (Å²) in [6.45, 7) is 3.03. The molecule has 1 aliphatic heterocycles. The Morgan fingerprint density at radius 2 is 1.94 bits per heavy atom. The van der Waals surface area contributed by atoms with Gasteiger partial charge in [0.05, 0.1) is 0 Å². The van der Waals surface area contributed by atoms with Gasteiger partial charge in [0.25, 0.3) is 0 Å². The second-order valence-corrected chi connectivity index (χ2v) is 4.11. The molecule has 1 heterocycles. The molecule has 1 unspecified atom stereocenters. The molecule has 6 nitrogen and oxygen atoms in total. The fourth-order valence-corrected chi connectivity index (χ4v) is 1.58. The number of hydrogen-bond donors (Lipinski definition) is 3. The average molecular weight is 252 g/mol. The van der Waals surface area contributed by atoms with Crippen LogP contribution in [0.2, 0.25) is 0 Å². The van der Waals surface area contributed by atoms with Crippen LogP contribution in [0.5, 0.6) is 11.5 Å². The Kier molecular flexibility index (Phi) is 2.58. The smallest absolute Gasteiger partial charge is 0.380 e. The lowest BCUT2D eigenvalue weighted by Gasteiger charge is -2.24. The third-order valence-corrected chi connectivity index (χ3v) is 2.55. The minimum atomic E-state index is -1.84. The molecule has 0 radical (unpaired) electrons. The molecule has 18 heavy (non-hydrogen) atoms. The first-order valence-electron chi connectivity index (χ1n) is 5.18. The molecule has 6 heteroatoms. The first kappa shape index (κ1) is 12.1. The van der Waals surface area contributed by atoms with E-state index in [1.807, 2.05) is 0 Å². The predicted molar refractivity (Wildman–Crippen MR) is 60.3 cm³/mol. The van der Waals surface area contributed by atoms with Crippen LogP contribution in [0.25, 0.3) is 0 Å². The van der Waals surface area contributed by atoms with E-state index >= 15 is 0 Å². The van der Waals surface area contributed by atoms with Crippen LogP contribution >= 0.6 is 0 Å². The maximum absolute atomic E-state index is 11.1. The van der Waals surface area contributed by atoms with Gasteiger partial charge in [-0.15, -0.1) is 0 Å². The minimum absolute atomic E-state index is 0.0251. The average Bonchev–Trinajstić information content (AvgIpc) is 2.48. The van der Waals surface area contributed by atoms with Crippen molar-refractivity contribution in [3.05, 3.63) is 35.3 Å². The molecular formula is C12H12O6. The monoisotopic (exact) mass is 252 g/mol. The van der Waals surface area contributed by atoms with E-state index in [1.165, 1.54) is 19.1 Å². The number of phenols is 1. The van der Waals surface area contributed by atoms with E-state index in [4.69, 9.17) is 9.47 Å². The first-order chi connectivity index (χ1) is 8.33. The number of hydrogen-bond acceptors (Lipinski definition) is 6. The standard InChI is InChI=1S/C12H12O6/c1-6-3-4-8(7(13)5-6)17-12(2)10(15)9(14)11(16)18-12/h3-5,13-15H,1-2H3. The molecule has 0 aromatic heterocycles. The Labute approximate surface area is 103 Å². The van der Waals surface area contributed by atoms with Crippen molar-refractivity contribution in [2.45, 2.75) is 19.6 Å². The largest absolute Gasteiger partial charge is 0.504 e. The highest BCUT2D eigenvalue weighted by Crippen LogP contribution is 2.36. The fourth-order valence-electron chi connectivity index (χ4n) is 1.58. The second-order valence-electron chi connectivity index (χ2n) is 4.11. The van der Waals surface area contributed by atoms with Crippen molar-refractivity contribution < 1.29 is 29.6 Å². The highest BCUT2D eigenvalue weighted by Gasteiger charge is 2.48. The van der Waals surface area contributed by atoms with E-state index in [-0.39, 0.29) is 11.5 Å². The predicted octanol–water partition coefficient (Wildman–Crippen LogP) is 1.68. The fraction of sp³-hybridized carbons (Fsp3) is 0.250. The lowest BCUT2D eigenvalue weighted by molar-refractivity contribution is -0.175. The number of esters is 1. The van der Waals surface area contributed by atoms with E-state index in [2.05, 4.69) is 0 Å². The van der Waals surface area contributed by atoms with Crippen LogP contribution in [-0.2, 0) is 9.53 Å². The van der Waals surface area contributed by atoms with Gasteiger partial charge in [-0.1, -0.05) is 6.07 Å². The van der Waals surface area contributed by atoms with E-state index in [0.29, 0.717) is 0 Å². The van der Waals surface area contributed by atoms with Crippen molar-refractivity contribution in [1.82, 2.24) is 0 Å². The summed E-state index contributed by atoms with van der Waals surface area (Å²) in [5.74, 6) is -4.68. The number of aliphatic hydroxyl groups excluding tert-OH is 2. The van der Waals surface area contributed by atoms with Crippen LogP contribution < -0.4 is 4.74 Å². The topological polar surface area (TPSA) is 96.2 Å². The van der Waals surface area contributed by atoms with Gasteiger partial charge in [0.1, 0.15) is 0 Å². The minimum Gasteiger partial charge on any atom is -0.504 e. The van der Waals surface area contributed by atoms with Crippen molar-refractivity contribution in [3.63, 3.8) is 0 Å². The highest BCUT2D eigenvalue weighted by molar-refractivity contribution is 5.89. The number of rotatable bonds is 2.